The molecule has 0 N–H and O–H groups in total. The molecule has 8 nitrogen and oxygen atoms in total. The quantitative estimate of drug-likeness (QED) is 0.0307. The number of hydrogen-bond acceptors (Lipinski definition) is 11. The van der Waals surface area contributed by atoms with Crippen molar-refractivity contribution in [2.24, 2.45) is 0 Å². The molecule has 0 aliphatic heterocycles. The molecule has 0 aliphatic rings. The third-order valence-electron chi connectivity index (χ3n) is 11.6. The smallest absolute Gasteiger partial charge is 0.126 e. The van der Waals surface area contributed by atoms with Gasteiger partial charge in [0, 0.05) is 40.4 Å². The number of benzene rings is 2. The molecule has 0 atom stereocenters. The highest BCUT2D eigenvalue weighted by atomic mass is 32.1. The lowest BCUT2D eigenvalue weighted by Gasteiger charge is -2.13. The number of nitrogens with zero attached hydrogens (tertiary/aromatic N) is 4. The van der Waals surface area contributed by atoms with Crippen LogP contribution >= 0.6 is 34.0 Å². The van der Waals surface area contributed by atoms with E-state index in [9.17, 15) is 21.0 Å². The molecule has 0 unspecified atom stereocenters. The molecule has 0 saturated carbocycles. The zero-order valence-electron chi connectivity index (χ0n) is 42.0. The van der Waals surface area contributed by atoms with Gasteiger partial charge in [-0.15, -0.1) is 34.0 Å². The minimum Gasteiger partial charge on any atom is -0.494 e. The van der Waals surface area contributed by atoms with Crippen LogP contribution in [-0.4, -0.2) is 26.4 Å². The maximum atomic E-state index is 10.4. The fraction of sp³-hybridized carbons (Fsp3) is 0.400. The van der Waals surface area contributed by atoms with Crippen LogP contribution in [0, 0.1) is 45.3 Å². The molecule has 2 aromatic carbocycles. The second-order valence-electron chi connectivity index (χ2n) is 17.3. The number of nitriles is 4. The van der Waals surface area contributed by atoms with Gasteiger partial charge in [-0.1, -0.05) is 105 Å². The van der Waals surface area contributed by atoms with Crippen molar-refractivity contribution in [2.75, 3.05) is 26.4 Å². The van der Waals surface area contributed by atoms with Gasteiger partial charge in [0.2, 0.25) is 0 Å². The van der Waals surface area contributed by atoms with Gasteiger partial charge in [-0.2, -0.15) is 21.0 Å². The Balaban J connectivity index is 1.34. The number of allylic oxidation sites excluding steroid dienone is 4. The molecule has 3 heterocycles. The first-order valence-corrected chi connectivity index (χ1v) is 27.9. The molecule has 71 heavy (non-hydrogen) atoms. The van der Waals surface area contributed by atoms with Crippen molar-refractivity contribution >= 4 is 80.6 Å². The van der Waals surface area contributed by atoms with Crippen molar-refractivity contribution in [3.63, 3.8) is 0 Å². The van der Waals surface area contributed by atoms with E-state index in [-0.39, 0.29) is 0 Å². The second-order valence-corrected chi connectivity index (χ2v) is 20.6. The minimum absolute atomic E-state index is 0.453. The number of ether oxygens (including phenoxy) is 4. The molecule has 11 heteroatoms. The normalized spacial score (nSPS) is 11.9. The summed E-state index contributed by atoms with van der Waals surface area (Å²) in [7, 11) is 0. The first-order valence-electron chi connectivity index (χ1n) is 25.4. The van der Waals surface area contributed by atoms with Gasteiger partial charge in [-0.3, -0.25) is 0 Å². The van der Waals surface area contributed by atoms with E-state index < -0.39 is 0 Å². The molecule has 5 aromatic rings. The van der Waals surface area contributed by atoms with Crippen LogP contribution in [0.3, 0.4) is 0 Å². The maximum absolute atomic E-state index is 10.4. The van der Waals surface area contributed by atoms with Crippen molar-refractivity contribution < 1.29 is 18.9 Å². The molecule has 370 valence electrons. The van der Waals surface area contributed by atoms with Crippen LogP contribution in [0.1, 0.15) is 171 Å². The van der Waals surface area contributed by atoms with Crippen LogP contribution in [0.5, 0.6) is 23.0 Å². The molecule has 0 spiro atoms. The summed E-state index contributed by atoms with van der Waals surface area (Å²) in [5.41, 5.74) is 3.45. The van der Waals surface area contributed by atoms with Crippen LogP contribution in [0.25, 0.3) is 46.6 Å². The molecule has 0 bridgehead atoms. The summed E-state index contributed by atoms with van der Waals surface area (Å²) in [4.78, 5) is 4.62. The highest BCUT2D eigenvalue weighted by molar-refractivity contribution is 7.16. The van der Waals surface area contributed by atoms with Crippen LogP contribution in [0.2, 0.25) is 0 Å². The minimum atomic E-state index is 0.453. The Morgan fingerprint density at radius 1 is 0.380 bits per heavy atom. The van der Waals surface area contributed by atoms with Crippen molar-refractivity contribution in [3.8, 4) is 47.3 Å². The maximum Gasteiger partial charge on any atom is 0.126 e. The zero-order chi connectivity index (χ0) is 50.5. The number of hydrogen-bond donors (Lipinski definition) is 0. The zero-order valence-corrected chi connectivity index (χ0v) is 44.5. The van der Waals surface area contributed by atoms with Gasteiger partial charge in [0.25, 0.3) is 0 Å². The first kappa shape index (κ1) is 55.6. The summed E-state index contributed by atoms with van der Waals surface area (Å²) in [6, 6.07) is 32.5. The fourth-order valence-electron chi connectivity index (χ4n) is 7.59. The molecule has 0 saturated heterocycles. The lowest BCUT2D eigenvalue weighted by Crippen LogP contribution is -2.01. The predicted molar refractivity (Wildman–Crippen MR) is 298 cm³/mol. The van der Waals surface area contributed by atoms with Gasteiger partial charge in [0.05, 0.1) is 48.7 Å². The molecule has 3 aromatic heterocycles. The largest absolute Gasteiger partial charge is 0.494 e. The third kappa shape index (κ3) is 18.4. The molecular weight excluding hydrogens is 937 g/mol. The van der Waals surface area contributed by atoms with Gasteiger partial charge in [0.15, 0.2) is 0 Å². The van der Waals surface area contributed by atoms with E-state index in [4.69, 9.17) is 18.9 Å². The topological polar surface area (TPSA) is 132 Å². The summed E-state index contributed by atoms with van der Waals surface area (Å²) in [6.07, 6.45) is 25.0. The molecule has 5 rings (SSSR count). The Labute approximate surface area is 435 Å². The van der Waals surface area contributed by atoms with Crippen molar-refractivity contribution in [1.82, 2.24) is 0 Å². The van der Waals surface area contributed by atoms with Crippen molar-refractivity contribution in [2.45, 2.75) is 130 Å². The first-order chi connectivity index (χ1) is 34.9. The summed E-state index contributed by atoms with van der Waals surface area (Å²) >= 11 is 4.23. The number of thiophene rings is 3. The molecule has 0 aliphatic carbocycles. The van der Waals surface area contributed by atoms with Crippen molar-refractivity contribution in [3.05, 3.63) is 113 Å². The Bertz CT molecular complexity index is 2560. The Morgan fingerprint density at radius 2 is 0.704 bits per heavy atom. The van der Waals surface area contributed by atoms with E-state index in [2.05, 4.69) is 52.0 Å². The summed E-state index contributed by atoms with van der Waals surface area (Å²) < 4.78 is 24.7. The SMILES string of the molecule is CCCCCCOc1ccc(OCCCCCC)c(/C=C(\C#N)c2ccc(/C=C(\C#N)c3ccc(/C(C#N)=C/c4ccc(/C(C#N)=C/c5cc(OCCCCCC)ccc5OCCCCCC)s4)s3)s2)c1. The summed E-state index contributed by atoms with van der Waals surface area (Å²) in [6.45, 7) is 11.2. The number of rotatable bonds is 32. The Morgan fingerprint density at radius 3 is 1.06 bits per heavy atom. The van der Waals surface area contributed by atoms with Crippen LogP contribution in [0.4, 0.5) is 0 Å². The highest BCUT2D eigenvalue weighted by Crippen LogP contribution is 2.37. The lowest BCUT2D eigenvalue weighted by molar-refractivity contribution is 0.296. The monoisotopic (exact) mass is 1000 g/mol. The Kier molecular flexibility index (Phi) is 24.9. The molecule has 0 radical (unpaired) electrons. The van der Waals surface area contributed by atoms with Gasteiger partial charge < -0.3 is 18.9 Å². The highest BCUT2D eigenvalue weighted by Gasteiger charge is 2.15. The second kappa shape index (κ2) is 31.8. The van der Waals surface area contributed by atoms with Crippen molar-refractivity contribution in [1.29, 1.82) is 21.0 Å². The van der Waals surface area contributed by atoms with E-state index in [0.29, 0.717) is 60.2 Å². The van der Waals surface area contributed by atoms with Gasteiger partial charge in [-0.05, 0) is 123 Å². The average Bonchev–Trinajstić information content (AvgIpc) is 4.19. The van der Waals surface area contributed by atoms with Crippen LogP contribution in [-0.2, 0) is 0 Å². The summed E-state index contributed by atoms with van der Waals surface area (Å²) in [5.74, 6) is 2.91. The van der Waals surface area contributed by atoms with Crippen LogP contribution < -0.4 is 18.9 Å². The average molecular weight is 1010 g/mol. The lowest BCUT2D eigenvalue weighted by atomic mass is 10.1. The van der Waals surface area contributed by atoms with E-state index in [1.807, 2.05) is 97.1 Å². The molecule has 0 amide bonds. The summed E-state index contributed by atoms with van der Waals surface area (Å²) in [5, 5.41) is 41.5. The number of unbranched alkanes of at least 4 members (excludes halogenated alkanes) is 12. The van der Waals surface area contributed by atoms with Gasteiger partial charge in [0.1, 0.15) is 47.3 Å². The van der Waals surface area contributed by atoms with Gasteiger partial charge >= 0.3 is 0 Å². The third-order valence-corrected chi connectivity index (χ3v) is 14.9. The fourth-order valence-corrected chi connectivity index (χ4v) is 10.4. The van der Waals surface area contributed by atoms with E-state index >= 15 is 0 Å². The van der Waals surface area contributed by atoms with Gasteiger partial charge in [-0.25, -0.2) is 0 Å². The predicted octanol–water partition coefficient (Wildman–Crippen LogP) is 18.0. The van der Waals surface area contributed by atoms with E-state index in [0.717, 1.165) is 129 Å². The standard InChI is InChI=1S/C60H68N4O4S3/c1-5-9-13-17-31-65-51-21-25-55(67-33-19-15-11-7-3)45(37-51)35-47(41-61)57-27-23-53(69-57)39-49(43-63)59-29-30-60(71-59)50(44-64)40-54-24-28-58(70-54)48(42-62)36-46-38-52(66-32-18-14-10-6-2)22-26-56(46)68-34-20-16-12-8-4/h21-30,35-40H,5-20,31-34H2,1-4H3/b47-35+,48-36+,49-39+,50-40+. The molecule has 0 fully saturated rings. The van der Waals surface area contributed by atoms with Crippen LogP contribution in [0.15, 0.2) is 72.8 Å². The molecular formula is C60H68N4O4S3. The van der Waals surface area contributed by atoms with E-state index in [1.54, 1.807) is 0 Å². The van der Waals surface area contributed by atoms with E-state index in [1.165, 1.54) is 59.7 Å². The Hall–Kier alpha value is -6.34.